The third-order valence-corrected chi connectivity index (χ3v) is 6.89. The van der Waals surface area contributed by atoms with Gasteiger partial charge in [-0.2, -0.15) is 0 Å². The van der Waals surface area contributed by atoms with Gasteiger partial charge in [-0.3, -0.25) is 38.6 Å². The fourth-order valence-electron chi connectivity index (χ4n) is 4.38. The summed E-state index contributed by atoms with van der Waals surface area (Å²) in [5.74, 6) is -4.25. The minimum atomic E-state index is -4.79. The van der Waals surface area contributed by atoms with E-state index in [1.54, 1.807) is 6.08 Å². The summed E-state index contributed by atoms with van der Waals surface area (Å²) in [5, 5.41) is 7.61. The van der Waals surface area contributed by atoms with Crippen molar-refractivity contribution in [3.05, 3.63) is 42.5 Å². The number of phosphoric ester groups is 1. The topological polar surface area (TPSA) is 261 Å². The molecule has 0 spiro atoms. The number of allylic oxidation sites excluding steroid dienone is 1. The van der Waals surface area contributed by atoms with E-state index in [-0.39, 0.29) is 43.9 Å². The van der Waals surface area contributed by atoms with Crippen molar-refractivity contribution in [3.63, 3.8) is 0 Å². The molecule has 1 rings (SSSR count). The fraction of sp³-hybridized carbons (Fsp3) is 0.517. The molecule has 16 nitrogen and oxygen atoms in total. The average molecular weight is 669 g/mol. The number of phosphoric acid groups is 1. The van der Waals surface area contributed by atoms with Gasteiger partial charge in [0.05, 0.1) is 6.54 Å². The summed E-state index contributed by atoms with van der Waals surface area (Å²) in [4.78, 5) is 94.8. The molecule has 0 radical (unpaired) electrons. The van der Waals surface area contributed by atoms with Gasteiger partial charge in [0.15, 0.2) is 0 Å². The highest BCUT2D eigenvalue weighted by Crippen LogP contribution is 2.37. The van der Waals surface area contributed by atoms with Crippen LogP contribution in [0.2, 0.25) is 0 Å². The molecular formula is C29H45N6O10P. The highest BCUT2D eigenvalue weighted by molar-refractivity contribution is 7.46. The van der Waals surface area contributed by atoms with Gasteiger partial charge in [-0.05, 0) is 49.3 Å². The summed E-state index contributed by atoms with van der Waals surface area (Å²) in [6.45, 7) is 8.14. The summed E-state index contributed by atoms with van der Waals surface area (Å²) >= 11 is 0. The Morgan fingerprint density at radius 3 is 2.13 bits per heavy atom. The van der Waals surface area contributed by atoms with Crippen LogP contribution in [0.5, 0.6) is 5.75 Å². The van der Waals surface area contributed by atoms with Crippen molar-refractivity contribution >= 4 is 43.3 Å². The van der Waals surface area contributed by atoms with Crippen molar-refractivity contribution in [2.24, 2.45) is 17.4 Å². The molecule has 1 aromatic carbocycles. The van der Waals surface area contributed by atoms with Gasteiger partial charge in [-0.25, -0.2) is 4.57 Å². The highest BCUT2D eigenvalue weighted by atomic mass is 31.2. The van der Waals surface area contributed by atoms with E-state index in [0.29, 0.717) is 18.4 Å². The Labute approximate surface area is 267 Å². The maximum Gasteiger partial charge on any atom is 0.524 e. The van der Waals surface area contributed by atoms with Crippen LogP contribution in [0.15, 0.2) is 36.9 Å². The zero-order chi connectivity index (χ0) is 35.0. The lowest BCUT2D eigenvalue weighted by Crippen LogP contribution is -2.56. The van der Waals surface area contributed by atoms with Crippen LogP contribution in [-0.2, 0) is 39.8 Å². The number of hydrogen-bond donors (Lipinski definition) is 7. The number of rotatable bonds is 21. The number of primary amides is 2. The molecule has 0 aliphatic heterocycles. The van der Waals surface area contributed by atoms with Crippen LogP contribution in [0.4, 0.5) is 0 Å². The summed E-state index contributed by atoms with van der Waals surface area (Å²) in [6.07, 6.45) is 2.25. The number of benzene rings is 1. The van der Waals surface area contributed by atoms with E-state index >= 15 is 0 Å². The first-order valence-corrected chi connectivity index (χ1v) is 16.1. The molecule has 0 aliphatic carbocycles. The quantitative estimate of drug-likeness (QED) is 0.0514. The van der Waals surface area contributed by atoms with Crippen LogP contribution in [0, 0.1) is 5.92 Å². The normalized spacial score (nSPS) is 13.1. The lowest BCUT2D eigenvalue weighted by molar-refractivity contribution is -0.140. The van der Waals surface area contributed by atoms with Crippen molar-refractivity contribution < 1.29 is 47.6 Å². The molecule has 0 aromatic heterocycles. The summed E-state index contributed by atoms with van der Waals surface area (Å²) in [5.41, 5.74) is 11.2. The molecule has 17 heteroatoms. The average Bonchev–Trinajstić information content (AvgIpc) is 2.93. The smallest absolute Gasteiger partial charge is 0.404 e. The van der Waals surface area contributed by atoms with Crippen molar-refractivity contribution in [3.8, 4) is 5.75 Å². The third-order valence-electron chi connectivity index (χ3n) is 6.44. The van der Waals surface area contributed by atoms with E-state index < -0.39 is 67.9 Å². The van der Waals surface area contributed by atoms with E-state index in [1.165, 1.54) is 36.1 Å². The van der Waals surface area contributed by atoms with Gasteiger partial charge in [0, 0.05) is 26.3 Å². The largest absolute Gasteiger partial charge is 0.524 e. The summed E-state index contributed by atoms with van der Waals surface area (Å²) in [6, 6.07) is 1.91. The van der Waals surface area contributed by atoms with E-state index in [0.717, 1.165) is 0 Å². The van der Waals surface area contributed by atoms with E-state index in [4.69, 9.17) is 21.3 Å². The van der Waals surface area contributed by atoms with Gasteiger partial charge < -0.3 is 36.8 Å². The maximum absolute atomic E-state index is 13.8. The van der Waals surface area contributed by atoms with E-state index in [9.17, 15) is 33.3 Å². The van der Waals surface area contributed by atoms with Crippen LogP contribution in [0.25, 0.3) is 0 Å². The molecule has 0 saturated heterocycles. The first-order valence-electron chi connectivity index (χ1n) is 14.6. The second-order valence-corrected chi connectivity index (χ2v) is 12.3. The maximum atomic E-state index is 13.8. The Bertz CT molecular complexity index is 1280. The molecule has 6 amide bonds. The second kappa shape index (κ2) is 19.3. The van der Waals surface area contributed by atoms with Crippen LogP contribution < -0.4 is 31.9 Å². The Hall–Kier alpha value is -4.27. The van der Waals surface area contributed by atoms with Gasteiger partial charge >= 0.3 is 7.82 Å². The van der Waals surface area contributed by atoms with Crippen molar-refractivity contribution in [2.75, 3.05) is 13.1 Å². The number of nitrogens with zero attached hydrogens (tertiary/aromatic N) is 1. The predicted octanol–water partition coefficient (Wildman–Crippen LogP) is -0.233. The number of carbonyl (C=O) groups is 6. The standard InChI is InChI=1S/C29H45N6O10P/c1-5-6-7-14-35(17-26(38)33-23(27(31)39)15-18(2)3)29(41)22(12-13-25(30)37)34-28(40)24(32-19(4)36)16-20-8-10-21(11-9-20)45-46(42,43)44/h5,8-11,18,22-24H,1,6-7,12-17H2,2-4H3,(H2,30,37)(H2,31,39)(H,32,36)(H,33,38)(H,34,40)(H2,42,43,44)/t22-,23-,24-/m0/s1. The van der Waals surface area contributed by atoms with Crippen LogP contribution in [-0.4, -0.2) is 81.3 Å². The lowest BCUT2D eigenvalue weighted by atomic mass is 10.0. The molecular weight excluding hydrogens is 623 g/mol. The molecule has 0 saturated carbocycles. The molecule has 256 valence electrons. The third kappa shape index (κ3) is 16.2. The van der Waals surface area contributed by atoms with Gasteiger partial charge in [-0.1, -0.05) is 32.1 Å². The van der Waals surface area contributed by atoms with Crippen LogP contribution in [0.1, 0.15) is 58.4 Å². The molecule has 46 heavy (non-hydrogen) atoms. The van der Waals surface area contributed by atoms with Crippen molar-refractivity contribution in [2.45, 2.75) is 77.4 Å². The van der Waals surface area contributed by atoms with Crippen molar-refractivity contribution in [1.82, 2.24) is 20.9 Å². The first kappa shape index (κ1) is 39.8. The van der Waals surface area contributed by atoms with Crippen LogP contribution >= 0.6 is 7.82 Å². The summed E-state index contributed by atoms with van der Waals surface area (Å²) < 4.78 is 15.6. The summed E-state index contributed by atoms with van der Waals surface area (Å²) in [7, 11) is -4.79. The molecule has 0 aliphatic rings. The number of carbonyl (C=O) groups excluding carboxylic acids is 6. The molecule has 1 aromatic rings. The minimum Gasteiger partial charge on any atom is -0.404 e. The number of unbranched alkanes of at least 4 members (excludes halogenated alkanes) is 1. The zero-order valence-corrected chi connectivity index (χ0v) is 27.2. The molecule has 0 unspecified atom stereocenters. The second-order valence-electron chi connectivity index (χ2n) is 11.1. The lowest BCUT2D eigenvalue weighted by Gasteiger charge is -2.29. The molecule has 0 bridgehead atoms. The van der Waals surface area contributed by atoms with Gasteiger partial charge in [0.2, 0.25) is 35.4 Å². The molecule has 0 heterocycles. The highest BCUT2D eigenvalue weighted by Gasteiger charge is 2.31. The molecule has 3 atom stereocenters. The Morgan fingerprint density at radius 1 is 1.00 bits per heavy atom. The van der Waals surface area contributed by atoms with Crippen molar-refractivity contribution in [1.29, 1.82) is 0 Å². The van der Waals surface area contributed by atoms with Gasteiger partial charge in [0.25, 0.3) is 0 Å². The van der Waals surface area contributed by atoms with Gasteiger partial charge in [0.1, 0.15) is 23.9 Å². The van der Waals surface area contributed by atoms with E-state index in [1.807, 2.05) is 13.8 Å². The van der Waals surface area contributed by atoms with Gasteiger partial charge in [-0.15, -0.1) is 6.58 Å². The number of hydrogen-bond acceptors (Lipinski definition) is 8. The number of nitrogens with two attached hydrogens (primary N) is 2. The predicted molar refractivity (Wildman–Crippen MR) is 167 cm³/mol. The Morgan fingerprint density at radius 2 is 1.63 bits per heavy atom. The fourth-order valence-corrected chi connectivity index (χ4v) is 4.77. The monoisotopic (exact) mass is 668 g/mol. The zero-order valence-electron chi connectivity index (χ0n) is 26.3. The Balaban J connectivity index is 3.25. The Kier molecular flexibility index (Phi) is 16.7. The van der Waals surface area contributed by atoms with Crippen LogP contribution in [0.3, 0.4) is 0 Å². The molecule has 9 N–H and O–H groups in total. The molecule has 0 fully saturated rings. The van der Waals surface area contributed by atoms with E-state index in [2.05, 4.69) is 27.1 Å². The minimum absolute atomic E-state index is 0.0408. The SMILES string of the molecule is C=CCCCN(CC(=O)N[C@@H](CC(C)C)C(N)=O)C(=O)[C@H](CCC(N)=O)NC(=O)[C@H](Cc1ccc(OP(=O)(O)O)cc1)NC(C)=O. The first-order chi connectivity index (χ1) is 21.4. The number of nitrogens with one attached hydrogen (secondary N) is 3. The number of amides is 6.